The molecule has 0 radical (unpaired) electrons. The topological polar surface area (TPSA) is 98.2 Å². The molecule has 8 heteroatoms. The fourth-order valence-electron chi connectivity index (χ4n) is 3.61. The molecule has 0 saturated heterocycles. The number of nitrogens with one attached hydrogen (secondary N) is 1. The van der Waals surface area contributed by atoms with Gasteiger partial charge < -0.3 is 8.98 Å². The van der Waals surface area contributed by atoms with Crippen LogP contribution in [0.15, 0.2) is 56.6 Å². The number of oxazole rings is 1. The minimum absolute atomic E-state index is 0.0845. The lowest BCUT2D eigenvalue weighted by Gasteiger charge is -2.03. The van der Waals surface area contributed by atoms with Crippen LogP contribution in [0.3, 0.4) is 0 Å². The number of H-pyrrole nitrogens is 1. The Morgan fingerprint density at radius 3 is 2.48 bits per heavy atom. The Bertz CT molecular complexity index is 1520. The maximum atomic E-state index is 13.3. The molecule has 5 aromatic rings. The van der Waals surface area contributed by atoms with Crippen molar-refractivity contribution < 1.29 is 4.42 Å². The standard InChI is InChI=1S/C21H17N5O3/c1-11-16(19-23-17-14(29-19)9-10-25(3)21(17)28)20(27)26-18(22-11)15(12(2)24-26)13-7-5-4-6-8-13/h4-10,24H,1-3H3. The van der Waals surface area contributed by atoms with Gasteiger partial charge in [-0.1, -0.05) is 30.3 Å². The molecular weight excluding hydrogens is 370 g/mol. The van der Waals surface area contributed by atoms with Crippen molar-refractivity contribution in [2.45, 2.75) is 13.8 Å². The highest BCUT2D eigenvalue weighted by Crippen LogP contribution is 2.28. The molecular formula is C21H17N5O3. The molecule has 0 fully saturated rings. The number of fused-ring (bicyclic) bond motifs is 2. The summed E-state index contributed by atoms with van der Waals surface area (Å²) >= 11 is 0. The van der Waals surface area contributed by atoms with E-state index in [1.165, 1.54) is 9.08 Å². The second kappa shape index (κ2) is 6.03. The van der Waals surface area contributed by atoms with E-state index in [1.54, 1.807) is 26.2 Å². The Morgan fingerprint density at radius 1 is 0.966 bits per heavy atom. The summed E-state index contributed by atoms with van der Waals surface area (Å²) in [5.74, 6) is 0.0845. The quantitative estimate of drug-likeness (QED) is 0.502. The SMILES string of the molecule is Cc1nc2c(-c3ccccc3)c(C)[nH]n2c(=O)c1-c1nc2c(=O)n(C)ccc2o1. The van der Waals surface area contributed by atoms with Gasteiger partial charge in [0.2, 0.25) is 5.89 Å². The molecule has 8 nitrogen and oxygen atoms in total. The number of pyridine rings is 1. The van der Waals surface area contributed by atoms with Gasteiger partial charge in [-0.25, -0.2) is 14.5 Å². The average molecular weight is 387 g/mol. The average Bonchev–Trinajstić information content (AvgIpc) is 3.27. The van der Waals surface area contributed by atoms with Gasteiger partial charge in [0.1, 0.15) is 5.56 Å². The van der Waals surface area contributed by atoms with Crippen LogP contribution in [0.5, 0.6) is 0 Å². The molecule has 0 unspecified atom stereocenters. The third-order valence-electron chi connectivity index (χ3n) is 5.04. The molecule has 144 valence electrons. The lowest BCUT2D eigenvalue weighted by atomic mass is 10.1. The van der Waals surface area contributed by atoms with Crippen molar-refractivity contribution in [2.75, 3.05) is 0 Å². The highest BCUT2D eigenvalue weighted by atomic mass is 16.3. The van der Waals surface area contributed by atoms with Gasteiger partial charge >= 0.3 is 0 Å². The molecule has 5 rings (SSSR count). The zero-order valence-corrected chi connectivity index (χ0v) is 16.1. The number of aromatic amines is 1. The maximum Gasteiger partial charge on any atom is 0.285 e. The Hall–Kier alpha value is -3.94. The Kier molecular flexibility index (Phi) is 3.57. The summed E-state index contributed by atoms with van der Waals surface area (Å²) < 4.78 is 8.54. The number of hydrogen-bond acceptors (Lipinski definition) is 5. The highest BCUT2D eigenvalue weighted by molar-refractivity contribution is 5.81. The predicted octanol–water partition coefficient (Wildman–Crippen LogP) is 2.81. The number of rotatable bonds is 2. The van der Waals surface area contributed by atoms with Gasteiger partial charge in [0.25, 0.3) is 11.1 Å². The van der Waals surface area contributed by atoms with Gasteiger partial charge in [-0.15, -0.1) is 0 Å². The fourth-order valence-corrected chi connectivity index (χ4v) is 3.61. The number of benzene rings is 1. The fraction of sp³-hybridized carbons (Fsp3) is 0.143. The van der Waals surface area contributed by atoms with Crippen LogP contribution in [0.25, 0.3) is 39.3 Å². The first kappa shape index (κ1) is 17.2. The first-order chi connectivity index (χ1) is 14.0. The Labute approximate surface area is 164 Å². The van der Waals surface area contributed by atoms with E-state index in [4.69, 9.17) is 4.42 Å². The molecule has 0 bridgehead atoms. The second-order valence-corrected chi connectivity index (χ2v) is 6.98. The largest absolute Gasteiger partial charge is 0.436 e. The second-order valence-electron chi connectivity index (χ2n) is 6.98. The highest BCUT2D eigenvalue weighted by Gasteiger charge is 2.22. The minimum atomic E-state index is -0.332. The zero-order chi connectivity index (χ0) is 20.3. The van der Waals surface area contributed by atoms with Crippen molar-refractivity contribution in [1.82, 2.24) is 24.1 Å². The van der Waals surface area contributed by atoms with Gasteiger partial charge in [0, 0.05) is 24.5 Å². The lowest BCUT2D eigenvalue weighted by Crippen LogP contribution is -2.19. The van der Waals surface area contributed by atoms with E-state index in [0.717, 1.165) is 16.8 Å². The molecule has 0 aliphatic heterocycles. The van der Waals surface area contributed by atoms with Gasteiger partial charge in [-0.05, 0) is 25.5 Å². The van der Waals surface area contributed by atoms with Crippen LogP contribution in [0.4, 0.5) is 0 Å². The number of aromatic nitrogens is 5. The van der Waals surface area contributed by atoms with Crippen LogP contribution in [0, 0.1) is 13.8 Å². The molecule has 1 aromatic carbocycles. The normalized spacial score (nSPS) is 11.6. The van der Waals surface area contributed by atoms with Crippen molar-refractivity contribution in [3.63, 3.8) is 0 Å². The number of nitrogens with zero attached hydrogens (tertiary/aromatic N) is 4. The summed E-state index contributed by atoms with van der Waals surface area (Å²) in [5.41, 5.74) is 3.79. The van der Waals surface area contributed by atoms with Crippen LogP contribution in [0.1, 0.15) is 11.4 Å². The van der Waals surface area contributed by atoms with Gasteiger partial charge in [-0.2, -0.15) is 0 Å². The molecule has 4 aromatic heterocycles. The van der Waals surface area contributed by atoms with Crippen LogP contribution in [-0.4, -0.2) is 24.1 Å². The van der Waals surface area contributed by atoms with Crippen molar-refractivity contribution in [2.24, 2.45) is 7.05 Å². The van der Waals surface area contributed by atoms with Gasteiger partial charge in [0.15, 0.2) is 16.7 Å². The van der Waals surface area contributed by atoms with Crippen molar-refractivity contribution >= 4 is 16.7 Å². The molecule has 0 atom stereocenters. The Morgan fingerprint density at radius 2 is 1.72 bits per heavy atom. The number of hydrogen-bond donors (Lipinski definition) is 1. The van der Waals surface area contributed by atoms with E-state index in [0.29, 0.717) is 16.9 Å². The smallest absolute Gasteiger partial charge is 0.285 e. The summed E-state index contributed by atoms with van der Waals surface area (Å²) in [6, 6.07) is 11.4. The summed E-state index contributed by atoms with van der Waals surface area (Å²) in [4.78, 5) is 34.5. The van der Waals surface area contributed by atoms with Crippen molar-refractivity contribution in [3.05, 3.63) is 74.7 Å². The lowest BCUT2D eigenvalue weighted by molar-refractivity contribution is 0.615. The van der Waals surface area contributed by atoms with Crippen LogP contribution < -0.4 is 11.1 Å². The van der Waals surface area contributed by atoms with Gasteiger partial charge in [-0.3, -0.25) is 14.7 Å². The maximum absolute atomic E-state index is 13.3. The third kappa shape index (κ3) is 2.46. The molecule has 4 heterocycles. The van der Waals surface area contributed by atoms with E-state index in [9.17, 15) is 9.59 Å². The molecule has 0 amide bonds. The summed E-state index contributed by atoms with van der Waals surface area (Å²) in [7, 11) is 1.64. The summed E-state index contributed by atoms with van der Waals surface area (Å²) in [6.07, 6.45) is 1.60. The van der Waals surface area contributed by atoms with Crippen LogP contribution in [-0.2, 0) is 7.05 Å². The zero-order valence-electron chi connectivity index (χ0n) is 16.1. The number of aryl methyl sites for hydroxylation is 3. The predicted molar refractivity (Wildman–Crippen MR) is 109 cm³/mol. The molecule has 29 heavy (non-hydrogen) atoms. The molecule has 1 N–H and O–H groups in total. The minimum Gasteiger partial charge on any atom is -0.436 e. The first-order valence-electron chi connectivity index (χ1n) is 9.09. The summed E-state index contributed by atoms with van der Waals surface area (Å²) in [6.45, 7) is 3.63. The van der Waals surface area contributed by atoms with Crippen LogP contribution >= 0.6 is 0 Å². The Balaban J connectivity index is 1.80. The van der Waals surface area contributed by atoms with Crippen molar-refractivity contribution in [1.29, 1.82) is 0 Å². The third-order valence-corrected chi connectivity index (χ3v) is 5.04. The van der Waals surface area contributed by atoms with E-state index in [-0.39, 0.29) is 28.1 Å². The monoisotopic (exact) mass is 387 g/mol. The van der Waals surface area contributed by atoms with Gasteiger partial charge in [0.05, 0.1) is 5.69 Å². The molecule has 0 aliphatic rings. The van der Waals surface area contributed by atoms with Crippen molar-refractivity contribution in [3.8, 4) is 22.6 Å². The summed E-state index contributed by atoms with van der Waals surface area (Å²) in [5, 5.41) is 3.09. The molecule has 0 spiro atoms. The van der Waals surface area contributed by atoms with E-state index in [2.05, 4.69) is 15.1 Å². The first-order valence-corrected chi connectivity index (χ1v) is 9.09. The van der Waals surface area contributed by atoms with E-state index in [1.807, 2.05) is 37.3 Å². The van der Waals surface area contributed by atoms with E-state index >= 15 is 0 Å². The molecule has 0 aliphatic carbocycles. The van der Waals surface area contributed by atoms with E-state index < -0.39 is 0 Å². The van der Waals surface area contributed by atoms with Crippen LogP contribution in [0.2, 0.25) is 0 Å². The molecule has 0 saturated carbocycles.